The van der Waals surface area contributed by atoms with Crippen LogP contribution in [-0.2, 0) is 14.3 Å². The second kappa shape index (κ2) is 12.2. The fraction of sp³-hybridized carbons (Fsp3) is 0.286. The number of nitrogens with zero attached hydrogens (tertiary/aromatic N) is 2. The number of methoxy groups -OCH3 is 1. The van der Waals surface area contributed by atoms with Crippen LogP contribution in [0.2, 0.25) is 10.2 Å². The predicted octanol–water partition coefficient (Wildman–Crippen LogP) is 7.00. The molecule has 0 spiro atoms. The lowest BCUT2D eigenvalue weighted by Gasteiger charge is -2.36. The van der Waals surface area contributed by atoms with Gasteiger partial charge in [-0.1, -0.05) is 35.4 Å². The number of anilines is 2. The summed E-state index contributed by atoms with van der Waals surface area (Å²) in [5.41, 5.74) is 1.85. The predicted molar refractivity (Wildman–Crippen MR) is 151 cm³/mol. The van der Waals surface area contributed by atoms with Gasteiger partial charge in [-0.25, -0.2) is 19.0 Å². The molecule has 3 amide bonds. The highest BCUT2D eigenvalue weighted by molar-refractivity contribution is 6.32. The molecule has 2 atom stereocenters. The number of H-pyrrole nitrogens is 1. The van der Waals surface area contributed by atoms with Crippen LogP contribution in [0.3, 0.4) is 0 Å². The van der Waals surface area contributed by atoms with Gasteiger partial charge in [0.15, 0.2) is 0 Å². The van der Waals surface area contributed by atoms with Crippen LogP contribution in [0.1, 0.15) is 49.2 Å². The second-order valence-corrected chi connectivity index (χ2v) is 10.3. The fourth-order valence-corrected chi connectivity index (χ4v) is 5.24. The molecule has 0 saturated carbocycles. The Balaban J connectivity index is 1.47. The summed E-state index contributed by atoms with van der Waals surface area (Å²) in [6.45, 7) is 0.265. The number of carbonyl (C=O) groups excluding carboxylic acids is 3. The van der Waals surface area contributed by atoms with Crippen molar-refractivity contribution in [2.75, 3.05) is 24.3 Å². The number of halogens is 3. The monoisotopic (exact) mass is 601 g/mol. The number of fused-ring (bicyclic) bond motifs is 4. The molecule has 1 fully saturated rings. The Morgan fingerprint density at radius 1 is 1.20 bits per heavy atom. The van der Waals surface area contributed by atoms with Gasteiger partial charge in [-0.05, 0) is 49.2 Å². The summed E-state index contributed by atoms with van der Waals surface area (Å²) in [7, 11) is 1.25. The number of hydrogen-bond acceptors (Lipinski definition) is 6. The molecule has 13 heteroatoms. The Kier molecular flexibility index (Phi) is 8.46. The summed E-state index contributed by atoms with van der Waals surface area (Å²) in [6, 6.07) is 8.44. The molecule has 5 rings (SSSR count). The van der Waals surface area contributed by atoms with Crippen LogP contribution in [0.4, 0.5) is 25.4 Å². The summed E-state index contributed by atoms with van der Waals surface area (Å²) in [6.07, 6.45) is 3.00. The Hall–Kier alpha value is -4.09. The van der Waals surface area contributed by atoms with E-state index in [2.05, 4.69) is 20.4 Å². The third-order valence-electron chi connectivity index (χ3n) is 6.83. The first-order valence-electron chi connectivity index (χ1n) is 12.9. The molecular formula is C28H26Cl2FN5O5. The summed E-state index contributed by atoms with van der Waals surface area (Å²) in [5, 5.41) is 5.98. The van der Waals surface area contributed by atoms with Gasteiger partial charge in [0.1, 0.15) is 28.6 Å². The van der Waals surface area contributed by atoms with E-state index in [1.165, 1.54) is 30.2 Å². The highest BCUT2D eigenvalue weighted by atomic mass is 35.5. The van der Waals surface area contributed by atoms with Crippen molar-refractivity contribution < 1.29 is 28.2 Å². The molecule has 2 aliphatic rings. The van der Waals surface area contributed by atoms with Crippen LogP contribution >= 0.6 is 23.2 Å². The van der Waals surface area contributed by atoms with Gasteiger partial charge in [-0.3, -0.25) is 15.0 Å². The first-order chi connectivity index (χ1) is 19.7. The SMILES string of the molecule is COC(=O)Nc1ccc2c(c1)NC(=O)CC/C=C/C[C@H](N1CCC(c3cc(Cl)ccc3F)OC1=O)c1nc-2c(Cl)[nH]1. The van der Waals surface area contributed by atoms with Crippen LogP contribution in [0.15, 0.2) is 48.6 Å². The van der Waals surface area contributed by atoms with E-state index in [4.69, 9.17) is 32.9 Å². The van der Waals surface area contributed by atoms with Gasteiger partial charge in [0.2, 0.25) is 5.91 Å². The lowest BCUT2D eigenvalue weighted by Crippen LogP contribution is -2.42. The summed E-state index contributed by atoms with van der Waals surface area (Å²) in [5.74, 6) is -0.333. The highest BCUT2D eigenvalue weighted by Crippen LogP contribution is 2.39. The quantitative estimate of drug-likeness (QED) is 0.277. The van der Waals surface area contributed by atoms with E-state index in [0.717, 1.165) is 0 Å². The maximum atomic E-state index is 14.5. The average Bonchev–Trinajstić information content (AvgIpc) is 3.33. The topological polar surface area (TPSA) is 126 Å². The molecule has 1 aromatic heterocycles. The molecular weight excluding hydrogens is 576 g/mol. The molecule has 10 nitrogen and oxygen atoms in total. The number of carbonyl (C=O) groups is 3. The van der Waals surface area contributed by atoms with E-state index in [1.54, 1.807) is 18.2 Å². The van der Waals surface area contributed by atoms with Crippen molar-refractivity contribution in [3.8, 4) is 11.3 Å². The van der Waals surface area contributed by atoms with Crippen LogP contribution in [0.25, 0.3) is 11.3 Å². The molecule has 41 heavy (non-hydrogen) atoms. The van der Waals surface area contributed by atoms with E-state index in [0.29, 0.717) is 52.7 Å². The Morgan fingerprint density at radius 3 is 2.80 bits per heavy atom. The van der Waals surface area contributed by atoms with Crippen LogP contribution in [-0.4, -0.2) is 46.6 Å². The van der Waals surface area contributed by atoms with Crippen molar-refractivity contribution in [1.29, 1.82) is 0 Å². The Labute approximate surface area is 244 Å². The third kappa shape index (κ3) is 6.31. The highest BCUT2D eigenvalue weighted by Gasteiger charge is 2.36. The normalized spacial score (nSPS) is 20.0. The van der Waals surface area contributed by atoms with Crippen molar-refractivity contribution in [3.05, 3.63) is 75.9 Å². The number of ether oxygens (including phenoxy) is 2. The molecule has 2 aromatic carbocycles. The van der Waals surface area contributed by atoms with Crippen molar-refractivity contribution in [3.63, 3.8) is 0 Å². The van der Waals surface area contributed by atoms with Gasteiger partial charge < -0.3 is 19.8 Å². The molecule has 3 N–H and O–H groups in total. The second-order valence-electron chi connectivity index (χ2n) is 9.49. The van der Waals surface area contributed by atoms with Crippen LogP contribution < -0.4 is 10.6 Å². The molecule has 1 unspecified atom stereocenters. The van der Waals surface area contributed by atoms with Gasteiger partial charge in [0, 0.05) is 41.2 Å². The minimum absolute atomic E-state index is 0.194. The van der Waals surface area contributed by atoms with E-state index in [-0.39, 0.29) is 29.6 Å². The van der Waals surface area contributed by atoms with Crippen molar-refractivity contribution >= 4 is 52.7 Å². The summed E-state index contributed by atoms with van der Waals surface area (Å²) < 4.78 is 24.8. The number of nitrogens with one attached hydrogen (secondary N) is 3. The lowest BCUT2D eigenvalue weighted by molar-refractivity contribution is -0.116. The summed E-state index contributed by atoms with van der Waals surface area (Å²) >= 11 is 12.7. The van der Waals surface area contributed by atoms with Crippen molar-refractivity contribution in [1.82, 2.24) is 14.9 Å². The van der Waals surface area contributed by atoms with Crippen LogP contribution in [0.5, 0.6) is 0 Å². The van der Waals surface area contributed by atoms with Gasteiger partial charge in [-0.15, -0.1) is 0 Å². The molecule has 3 aromatic rings. The number of hydrogen-bond donors (Lipinski definition) is 3. The van der Waals surface area contributed by atoms with Crippen LogP contribution in [0, 0.1) is 5.82 Å². The molecule has 0 aliphatic carbocycles. The number of aromatic amines is 1. The molecule has 214 valence electrons. The minimum atomic E-state index is -0.782. The number of allylic oxidation sites excluding steroid dienone is 1. The number of rotatable bonds is 3. The molecule has 2 bridgehead atoms. The summed E-state index contributed by atoms with van der Waals surface area (Å²) in [4.78, 5) is 47.0. The fourth-order valence-electron chi connectivity index (χ4n) is 4.82. The minimum Gasteiger partial charge on any atom is -0.453 e. The molecule has 3 heterocycles. The third-order valence-corrected chi connectivity index (χ3v) is 7.34. The number of imidazole rings is 1. The zero-order valence-corrected chi connectivity index (χ0v) is 23.4. The Morgan fingerprint density at radius 2 is 2.02 bits per heavy atom. The Bertz CT molecular complexity index is 1530. The number of aromatic nitrogens is 2. The zero-order chi connectivity index (χ0) is 29.1. The van der Waals surface area contributed by atoms with E-state index < -0.39 is 30.1 Å². The van der Waals surface area contributed by atoms with Gasteiger partial charge in [-0.2, -0.15) is 0 Å². The van der Waals surface area contributed by atoms with Gasteiger partial charge in [0.05, 0.1) is 18.8 Å². The number of amides is 3. The molecule has 0 radical (unpaired) electrons. The van der Waals surface area contributed by atoms with Crippen molar-refractivity contribution in [2.45, 2.75) is 37.8 Å². The van der Waals surface area contributed by atoms with E-state index in [9.17, 15) is 18.8 Å². The first-order valence-corrected chi connectivity index (χ1v) is 13.6. The standard InChI is InChI=1S/C28H26Cl2FN5O5/c1-40-27(38)32-16-8-9-17-20(14-16)33-23(37)6-4-2-3-5-21(26-34-24(17)25(30)35-26)36-12-11-22(41-28(36)39)18-13-15(29)7-10-19(18)31/h2-3,7-10,13-14,21-22H,4-6,11-12H2,1H3,(H,32,38)(H,33,37)(H,34,35)/b3-2+/t21-,22?/m0/s1. The maximum absolute atomic E-state index is 14.5. The smallest absolute Gasteiger partial charge is 0.411 e. The number of cyclic esters (lactones) is 1. The van der Waals surface area contributed by atoms with Crippen molar-refractivity contribution in [2.24, 2.45) is 0 Å². The molecule has 2 aliphatic heterocycles. The van der Waals surface area contributed by atoms with Gasteiger partial charge >= 0.3 is 12.2 Å². The molecule has 1 saturated heterocycles. The first kappa shape index (κ1) is 28.4. The zero-order valence-electron chi connectivity index (χ0n) is 21.9. The maximum Gasteiger partial charge on any atom is 0.411 e. The lowest BCUT2D eigenvalue weighted by atomic mass is 10.0. The number of benzene rings is 2. The average molecular weight is 602 g/mol. The van der Waals surface area contributed by atoms with E-state index >= 15 is 0 Å². The van der Waals surface area contributed by atoms with Gasteiger partial charge in [0.25, 0.3) is 0 Å². The van der Waals surface area contributed by atoms with E-state index in [1.807, 2.05) is 12.2 Å². The largest absolute Gasteiger partial charge is 0.453 e.